The highest BCUT2D eigenvalue weighted by Gasteiger charge is 2.61. The fraction of sp³-hybridized carbons (Fsp3) is 0.293. The molecule has 24 nitrogen and oxygen atoms in total. The van der Waals surface area contributed by atoms with Gasteiger partial charge in [0, 0.05) is 107 Å². The van der Waals surface area contributed by atoms with Crippen molar-refractivity contribution >= 4 is 87.3 Å². The Balaban J connectivity index is 0.000000143. The van der Waals surface area contributed by atoms with E-state index >= 15 is 13.2 Å². The molecule has 3 fully saturated rings. The van der Waals surface area contributed by atoms with Gasteiger partial charge in [-0.2, -0.15) is 15.3 Å². The van der Waals surface area contributed by atoms with Crippen LogP contribution in [-0.4, -0.2) is 144 Å². The molecule has 3 saturated carbocycles. The molecule has 0 saturated heterocycles. The summed E-state index contributed by atoms with van der Waals surface area (Å²) in [6.45, 7) is 3.98. The quantitative estimate of drug-likeness (QED) is 0.0306. The van der Waals surface area contributed by atoms with Gasteiger partial charge in [0.2, 0.25) is 0 Å². The molecule has 12 aromatic rings. The van der Waals surface area contributed by atoms with E-state index in [1.54, 1.807) is 149 Å². The Morgan fingerprint density at radius 2 is 0.600 bits per heavy atom. The van der Waals surface area contributed by atoms with Crippen molar-refractivity contribution in [3.8, 4) is 12.8 Å². The second-order valence-corrected chi connectivity index (χ2v) is 35.3. The summed E-state index contributed by atoms with van der Waals surface area (Å²) in [5, 5.41) is 81.7. The van der Waals surface area contributed by atoms with Crippen LogP contribution in [0.25, 0.3) is 0 Å². The number of hydrogen-bond acceptors (Lipinski definition) is 18. The van der Waals surface area contributed by atoms with Crippen molar-refractivity contribution in [1.82, 2.24) is 59.0 Å². The number of nitrogens with zero attached hydrogens (tertiary/aromatic N) is 12. The van der Waals surface area contributed by atoms with Crippen LogP contribution in [0, 0.1) is 30.3 Å². The number of amides is 3. The molecule has 18 rings (SSSR count). The number of aromatic nitrogens is 9. The highest BCUT2D eigenvalue weighted by molar-refractivity contribution is 6.32. The zero-order chi connectivity index (χ0) is 89.5. The third kappa shape index (κ3) is 17.2. The van der Waals surface area contributed by atoms with Gasteiger partial charge in [-0.15, -0.1) is 12.8 Å². The lowest BCUT2D eigenvalue weighted by atomic mass is 9.85. The number of aliphatic hydroxyl groups is 6. The predicted octanol–water partition coefficient (Wildman–Crippen LogP) is 15.0. The fourth-order valence-electron chi connectivity index (χ4n) is 15.7. The average molecular weight is 1820 g/mol. The Morgan fingerprint density at radius 3 is 0.800 bits per heavy atom. The Bertz CT molecular complexity index is 5550. The Kier molecular flexibility index (Phi) is 24.3. The van der Waals surface area contributed by atoms with Crippen molar-refractivity contribution in [3.63, 3.8) is 0 Å². The first-order chi connectivity index (χ1) is 59.3. The van der Waals surface area contributed by atoms with Gasteiger partial charge >= 0.3 is 0 Å². The summed E-state index contributed by atoms with van der Waals surface area (Å²) < 4.78 is 73.6. The van der Waals surface area contributed by atoms with Crippen LogP contribution in [0.2, 0.25) is 30.1 Å². The first kappa shape index (κ1) is 89.4. The van der Waals surface area contributed by atoms with Gasteiger partial charge in [0.25, 0.3) is 17.7 Å². The molecule has 3 amide bonds. The van der Waals surface area contributed by atoms with E-state index in [0.717, 1.165) is 0 Å². The van der Waals surface area contributed by atoms with Crippen LogP contribution in [-0.2, 0) is 89.0 Å². The van der Waals surface area contributed by atoms with Gasteiger partial charge in [0.15, 0.2) is 17.2 Å². The summed E-state index contributed by atoms with van der Waals surface area (Å²) in [5.74, 6) is -3.84. The zero-order valence-electron chi connectivity index (χ0n) is 68.1. The number of benzene rings is 6. The standard InChI is InChI=1S/3C30H27Cl2FN4O4.C2H2/c3*1-28(39,20-13-35-36(2)15-20)19-11-24-26(25(33)12-19)30(41-17-29(40)9-10-29,18-3-5-21(31)6-4-18)37(27(24)38)16-23-8-7-22(32)14-34-23;1-2/h3*3-8,11-15,39-40H,9-10,16-17H2,1-2H3;1-2H/t28?,30-;28-,30+;28-,30-;/m101./s1. The van der Waals surface area contributed by atoms with E-state index in [1.807, 2.05) is 0 Å². The first-order valence-corrected chi connectivity index (χ1v) is 41.7. The van der Waals surface area contributed by atoms with Crippen LogP contribution >= 0.6 is 69.6 Å². The number of carbonyl (C=O) groups is 3. The van der Waals surface area contributed by atoms with Crippen LogP contribution < -0.4 is 0 Å². The normalized spacial score (nSPS) is 20.3. The summed E-state index contributed by atoms with van der Waals surface area (Å²) in [4.78, 5) is 60.1. The molecule has 33 heteroatoms. The fourth-order valence-corrected chi connectivity index (χ4v) is 16.4. The monoisotopic (exact) mass is 1810 g/mol. The van der Waals surface area contributed by atoms with Gasteiger partial charge < -0.3 is 44.8 Å². The Hall–Kier alpha value is -10.5. The van der Waals surface area contributed by atoms with E-state index in [2.05, 4.69) is 43.1 Å². The van der Waals surface area contributed by atoms with Crippen molar-refractivity contribution in [1.29, 1.82) is 0 Å². The topological polar surface area (TPSA) is 302 Å². The predicted molar refractivity (Wildman–Crippen MR) is 459 cm³/mol. The van der Waals surface area contributed by atoms with E-state index in [0.29, 0.717) is 119 Å². The van der Waals surface area contributed by atoms with Crippen molar-refractivity contribution in [2.45, 2.75) is 130 Å². The van der Waals surface area contributed by atoms with Crippen LogP contribution in [0.4, 0.5) is 13.2 Å². The number of carbonyl (C=O) groups excluding carboxylic acids is 3. The largest absolute Gasteiger partial charge is 0.387 e. The van der Waals surface area contributed by atoms with E-state index in [-0.39, 0.29) is 89.5 Å². The molecule has 0 spiro atoms. The van der Waals surface area contributed by atoms with Gasteiger partial charge in [0.1, 0.15) is 34.3 Å². The van der Waals surface area contributed by atoms with Crippen LogP contribution in [0.1, 0.15) is 174 Å². The zero-order valence-corrected chi connectivity index (χ0v) is 72.6. The Morgan fingerprint density at radius 1 is 0.368 bits per heavy atom. The third-order valence-electron chi connectivity index (χ3n) is 23.5. The maximum absolute atomic E-state index is 16.5. The molecule has 0 bridgehead atoms. The number of rotatable bonds is 24. The van der Waals surface area contributed by atoms with Crippen LogP contribution in [0.3, 0.4) is 0 Å². The second kappa shape index (κ2) is 34.0. The summed E-state index contributed by atoms with van der Waals surface area (Å²) in [5.41, 5.74) is -8.83. The second-order valence-electron chi connectivity index (χ2n) is 32.6. The maximum atomic E-state index is 16.5. The third-order valence-corrected chi connectivity index (χ3v) is 24.9. The van der Waals surface area contributed by atoms with Gasteiger partial charge in [0.05, 0.1) is 140 Å². The molecule has 6 aliphatic rings. The number of halogens is 9. The average Bonchev–Trinajstić information content (AvgIpc) is 1.56. The van der Waals surface area contributed by atoms with E-state index in [9.17, 15) is 45.0 Å². The van der Waals surface area contributed by atoms with E-state index in [1.165, 1.54) is 123 Å². The highest BCUT2D eigenvalue weighted by Crippen LogP contribution is 2.55. The number of ether oxygens (including phenoxy) is 3. The number of terminal acetylenes is 1. The van der Waals surface area contributed by atoms with Gasteiger partial charge in [-0.05, 0) is 185 Å². The Labute approximate surface area is 746 Å². The molecular formula is C92H83Cl6F3N12O12. The van der Waals surface area contributed by atoms with E-state index in [4.69, 9.17) is 83.8 Å². The molecule has 0 radical (unpaired) electrons. The van der Waals surface area contributed by atoms with Crippen molar-refractivity contribution in [3.05, 3.63) is 349 Å². The number of aryl methyl sites for hydroxylation is 3. The lowest BCUT2D eigenvalue weighted by Crippen LogP contribution is -2.48. The van der Waals surface area contributed by atoms with E-state index < -0.39 is 86.0 Å². The molecule has 9 heterocycles. The van der Waals surface area contributed by atoms with Crippen molar-refractivity contribution < 1.29 is 72.4 Å². The van der Waals surface area contributed by atoms with Gasteiger partial charge in [-0.3, -0.25) is 58.1 Å². The SMILES string of the molecule is C#C.Cn1cc(C(C)(O)c2cc(F)c3c(c2)C(=O)N(Cc2ccc(Cl)cn2)[C@@]3(OCC2(O)CC2)c2ccc(Cl)cc2)cn1.Cn1cc([C@@](C)(O)c2cc(F)c3c(c2)C(=O)N(Cc2ccc(Cl)cn2)[C@@]3(OCC2(O)CC2)c2ccc(Cl)cc2)cn1.Cn1cc([C@](C)(O)c2cc(F)c3c(c2)C(=O)N(Cc2ccc(Cl)cn2)[C@@]3(OCC2(O)CC2)c2ccc(Cl)cc2)cn1. The number of pyridine rings is 3. The molecule has 1 unspecified atom stereocenters. The lowest BCUT2D eigenvalue weighted by molar-refractivity contribution is -0.139. The summed E-state index contributed by atoms with van der Waals surface area (Å²) >= 11 is 36.8. The minimum absolute atomic E-state index is 0.0197. The highest BCUT2D eigenvalue weighted by atomic mass is 35.5. The maximum Gasteiger partial charge on any atom is 0.257 e. The summed E-state index contributed by atoms with van der Waals surface area (Å²) in [6.07, 6.45) is 24.9. The van der Waals surface area contributed by atoms with Crippen LogP contribution in [0.5, 0.6) is 0 Å². The molecular weight excluding hydrogens is 1730 g/mol. The summed E-state index contributed by atoms with van der Waals surface area (Å²) in [7, 11) is 5.13. The molecule has 125 heavy (non-hydrogen) atoms. The molecule has 6 atom stereocenters. The van der Waals surface area contributed by atoms with Crippen molar-refractivity contribution in [2.75, 3.05) is 19.8 Å². The summed E-state index contributed by atoms with van der Waals surface area (Å²) in [6, 6.07) is 37.9. The minimum atomic E-state index is -1.76. The molecule has 646 valence electrons. The van der Waals surface area contributed by atoms with Gasteiger partial charge in [-0.25, -0.2) is 13.2 Å². The van der Waals surface area contributed by atoms with Gasteiger partial charge in [-0.1, -0.05) is 106 Å². The van der Waals surface area contributed by atoms with Crippen molar-refractivity contribution in [2.24, 2.45) is 21.1 Å². The number of hydrogen-bond donors (Lipinski definition) is 6. The smallest absolute Gasteiger partial charge is 0.257 e. The molecule has 6 aromatic heterocycles. The lowest BCUT2D eigenvalue weighted by Gasteiger charge is -2.40. The molecule has 3 aliphatic heterocycles. The minimum Gasteiger partial charge on any atom is -0.387 e. The number of fused-ring (bicyclic) bond motifs is 3. The molecule has 6 N–H and O–H groups in total. The molecule has 6 aromatic carbocycles. The molecule has 3 aliphatic carbocycles. The first-order valence-electron chi connectivity index (χ1n) is 39.4. The van der Waals surface area contributed by atoms with Crippen LogP contribution in [0.15, 0.2) is 201 Å².